The number of methoxy groups -OCH3 is 1. The number of fused-ring (bicyclic) bond motifs is 1. The molecule has 1 N–H and O–H groups in total. The summed E-state index contributed by atoms with van der Waals surface area (Å²) >= 11 is 7.29. The number of nitrogens with one attached hydrogen (secondary N) is 1. The molecule has 0 unspecified atom stereocenters. The number of hydrogen-bond donors (Lipinski definition) is 1. The Balaban J connectivity index is 1.44. The maximum atomic E-state index is 12.2. The fraction of sp³-hybridized carbons (Fsp3) is 0.158. The summed E-state index contributed by atoms with van der Waals surface area (Å²) in [6.07, 6.45) is 0.529. The van der Waals surface area contributed by atoms with E-state index >= 15 is 0 Å². The van der Waals surface area contributed by atoms with Crippen molar-refractivity contribution in [2.24, 2.45) is 0 Å². The van der Waals surface area contributed by atoms with Crippen LogP contribution in [0, 0.1) is 0 Å². The first kappa shape index (κ1) is 18.5. The van der Waals surface area contributed by atoms with Crippen LogP contribution >= 0.6 is 23.4 Å². The van der Waals surface area contributed by atoms with Gasteiger partial charge in [-0.15, -0.1) is 10.2 Å². The zero-order valence-corrected chi connectivity index (χ0v) is 16.4. The van der Waals surface area contributed by atoms with Gasteiger partial charge >= 0.3 is 0 Å². The highest BCUT2D eigenvalue weighted by Gasteiger charge is 2.10. The van der Waals surface area contributed by atoms with Gasteiger partial charge in [-0.25, -0.2) is 4.98 Å². The lowest BCUT2D eigenvalue weighted by Gasteiger charge is -2.02. The summed E-state index contributed by atoms with van der Waals surface area (Å²) in [6, 6.07) is 12.7. The van der Waals surface area contributed by atoms with E-state index in [2.05, 4.69) is 20.2 Å². The van der Waals surface area contributed by atoms with Crippen LogP contribution < -0.4 is 10.3 Å². The van der Waals surface area contributed by atoms with E-state index in [4.69, 9.17) is 20.8 Å². The van der Waals surface area contributed by atoms with E-state index in [1.165, 1.54) is 11.8 Å². The van der Waals surface area contributed by atoms with Crippen molar-refractivity contribution < 1.29 is 9.15 Å². The van der Waals surface area contributed by atoms with E-state index in [0.717, 1.165) is 11.3 Å². The number of H-pyrrole nitrogens is 1. The van der Waals surface area contributed by atoms with E-state index in [0.29, 0.717) is 45.0 Å². The Morgan fingerprint density at radius 2 is 2.00 bits per heavy atom. The molecule has 2 aromatic heterocycles. The van der Waals surface area contributed by atoms with Crippen LogP contribution in [0.25, 0.3) is 10.9 Å². The molecule has 0 atom stereocenters. The first-order valence-electron chi connectivity index (χ1n) is 8.37. The van der Waals surface area contributed by atoms with Crippen LogP contribution in [0.2, 0.25) is 5.02 Å². The third kappa shape index (κ3) is 4.18. The maximum Gasteiger partial charge on any atom is 0.277 e. The smallest absolute Gasteiger partial charge is 0.277 e. The molecule has 28 heavy (non-hydrogen) atoms. The molecule has 7 nitrogen and oxygen atoms in total. The highest BCUT2D eigenvalue weighted by atomic mass is 35.5. The monoisotopic (exact) mass is 414 g/mol. The molecule has 0 aliphatic carbocycles. The zero-order chi connectivity index (χ0) is 19.5. The largest absolute Gasteiger partial charge is 0.497 e. The molecule has 0 radical (unpaired) electrons. The van der Waals surface area contributed by atoms with E-state index in [-0.39, 0.29) is 5.56 Å². The second-order valence-corrected chi connectivity index (χ2v) is 7.31. The van der Waals surface area contributed by atoms with Gasteiger partial charge in [0.25, 0.3) is 10.8 Å². The molecular formula is C19H15ClN4O3S. The second-order valence-electron chi connectivity index (χ2n) is 5.95. The van der Waals surface area contributed by atoms with Gasteiger partial charge < -0.3 is 14.1 Å². The molecule has 0 amide bonds. The van der Waals surface area contributed by atoms with Crippen molar-refractivity contribution in [3.63, 3.8) is 0 Å². The van der Waals surface area contributed by atoms with Gasteiger partial charge in [-0.2, -0.15) is 0 Å². The molecule has 0 aliphatic rings. The summed E-state index contributed by atoms with van der Waals surface area (Å²) in [4.78, 5) is 19.4. The van der Waals surface area contributed by atoms with Crippen molar-refractivity contribution >= 4 is 34.3 Å². The van der Waals surface area contributed by atoms with Gasteiger partial charge in [0, 0.05) is 5.02 Å². The Kier molecular flexibility index (Phi) is 5.31. The summed E-state index contributed by atoms with van der Waals surface area (Å²) in [5.41, 5.74) is 1.39. The summed E-state index contributed by atoms with van der Waals surface area (Å²) in [5, 5.41) is 9.55. The van der Waals surface area contributed by atoms with Gasteiger partial charge in [0.2, 0.25) is 5.89 Å². The molecular weight excluding hydrogens is 400 g/mol. The highest BCUT2D eigenvalue weighted by molar-refractivity contribution is 7.98. The Morgan fingerprint density at radius 3 is 2.79 bits per heavy atom. The van der Waals surface area contributed by atoms with Crippen LogP contribution in [0.5, 0.6) is 5.75 Å². The van der Waals surface area contributed by atoms with Crippen molar-refractivity contribution in [2.75, 3.05) is 7.11 Å². The Bertz CT molecular complexity index is 1170. The third-order valence-corrected chi connectivity index (χ3v) is 5.08. The normalized spacial score (nSPS) is 11.1. The van der Waals surface area contributed by atoms with E-state index in [1.807, 2.05) is 24.3 Å². The lowest BCUT2D eigenvalue weighted by atomic mass is 10.1. The lowest BCUT2D eigenvalue weighted by Crippen LogP contribution is -2.11. The van der Waals surface area contributed by atoms with Crippen LogP contribution in [-0.2, 0) is 12.2 Å². The van der Waals surface area contributed by atoms with Crippen LogP contribution in [0.15, 0.2) is 56.9 Å². The summed E-state index contributed by atoms with van der Waals surface area (Å²) in [6.45, 7) is 0. The number of aromatic nitrogens is 4. The van der Waals surface area contributed by atoms with Crippen molar-refractivity contribution in [3.8, 4) is 5.75 Å². The minimum atomic E-state index is -0.206. The SMILES string of the molecule is COc1ccc(Cc2nnc(SCc3nc4cc(Cl)ccc4c(=O)[nH]3)o2)cc1. The third-order valence-electron chi connectivity index (χ3n) is 4.01. The molecule has 0 fully saturated rings. The van der Waals surface area contributed by atoms with Crippen LogP contribution in [0.4, 0.5) is 0 Å². The molecule has 4 rings (SSSR count). The molecule has 2 heterocycles. The van der Waals surface area contributed by atoms with Crippen molar-refractivity contribution in [1.29, 1.82) is 0 Å². The molecule has 142 valence electrons. The highest BCUT2D eigenvalue weighted by Crippen LogP contribution is 2.22. The first-order chi connectivity index (χ1) is 13.6. The van der Waals surface area contributed by atoms with Gasteiger partial charge in [0.05, 0.1) is 30.2 Å². The van der Waals surface area contributed by atoms with Crippen LogP contribution in [-0.4, -0.2) is 27.3 Å². The van der Waals surface area contributed by atoms with E-state index in [1.54, 1.807) is 25.3 Å². The predicted octanol–water partition coefficient (Wildman–Crippen LogP) is 3.85. The number of rotatable bonds is 6. The molecule has 2 aromatic carbocycles. The molecule has 0 saturated carbocycles. The van der Waals surface area contributed by atoms with Crippen LogP contribution in [0.1, 0.15) is 17.3 Å². The number of benzene rings is 2. The average molecular weight is 415 g/mol. The van der Waals surface area contributed by atoms with Crippen molar-refractivity contribution in [3.05, 3.63) is 75.1 Å². The summed E-state index contributed by atoms with van der Waals surface area (Å²) < 4.78 is 10.8. The maximum absolute atomic E-state index is 12.2. The Morgan fingerprint density at radius 1 is 1.18 bits per heavy atom. The Labute approximate surface area is 169 Å². The summed E-state index contributed by atoms with van der Waals surface area (Å²) in [5.74, 6) is 2.21. The fourth-order valence-electron chi connectivity index (χ4n) is 2.65. The van der Waals surface area contributed by atoms with Crippen LogP contribution in [0.3, 0.4) is 0 Å². The topological polar surface area (TPSA) is 93.9 Å². The minimum Gasteiger partial charge on any atom is -0.497 e. The molecule has 0 aliphatic heterocycles. The van der Waals surface area contributed by atoms with Gasteiger partial charge in [-0.1, -0.05) is 35.5 Å². The summed E-state index contributed by atoms with van der Waals surface area (Å²) in [7, 11) is 1.63. The lowest BCUT2D eigenvalue weighted by molar-refractivity contribution is 0.413. The number of aromatic amines is 1. The predicted molar refractivity (Wildman–Crippen MR) is 107 cm³/mol. The fourth-order valence-corrected chi connectivity index (χ4v) is 3.46. The quantitative estimate of drug-likeness (QED) is 0.479. The van der Waals surface area contributed by atoms with E-state index in [9.17, 15) is 4.79 Å². The van der Waals surface area contributed by atoms with Gasteiger partial charge in [-0.3, -0.25) is 4.79 Å². The molecule has 0 spiro atoms. The first-order valence-corrected chi connectivity index (χ1v) is 9.73. The van der Waals surface area contributed by atoms with Crippen molar-refractivity contribution in [2.45, 2.75) is 17.4 Å². The number of ether oxygens (including phenoxy) is 1. The van der Waals surface area contributed by atoms with E-state index < -0.39 is 0 Å². The zero-order valence-electron chi connectivity index (χ0n) is 14.8. The number of hydrogen-bond acceptors (Lipinski definition) is 7. The molecule has 4 aromatic rings. The number of thioether (sulfide) groups is 1. The molecule has 0 saturated heterocycles. The van der Waals surface area contributed by atoms with Gasteiger partial charge in [-0.05, 0) is 35.9 Å². The van der Waals surface area contributed by atoms with Crippen molar-refractivity contribution in [1.82, 2.24) is 20.2 Å². The number of halogens is 1. The number of nitrogens with zero attached hydrogens (tertiary/aromatic N) is 3. The average Bonchev–Trinajstić information content (AvgIpc) is 3.14. The minimum absolute atomic E-state index is 0.206. The van der Waals surface area contributed by atoms with Gasteiger partial charge in [0.15, 0.2) is 0 Å². The molecule has 9 heteroatoms. The standard InChI is InChI=1S/C19H15ClN4O3S/c1-26-13-5-2-11(3-6-13)8-17-23-24-19(27-17)28-10-16-21-15-9-12(20)4-7-14(15)18(25)22-16/h2-7,9H,8,10H2,1H3,(H,21,22,25). The second kappa shape index (κ2) is 8.04. The Hall–Kier alpha value is -2.84. The van der Waals surface area contributed by atoms with Gasteiger partial charge in [0.1, 0.15) is 11.6 Å². The molecule has 0 bridgehead atoms.